The highest BCUT2D eigenvalue weighted by Crippen LogP contribution is 2.32. The quantitative estimate of drug-likeness (QED) is 0.810. The summed E-state index contributed by atoms with van der Waals surface area (Å²) in [7, 11) is 1.47. The maximum atomic E-state index is 13.2. The van der Waals surface area contributed by atoms with E-state index < -0.39 is 23.4 Å². The van der Waals surface area contributed by atoms with E-state index in [0.29, 0.717) is 12.0 Å². The summed E-state index contributed by atoms with van der Waals surface area (Å²) < 4.78 is 0. The van der Waals surface area contributed by atoms with Crippen molar-refractivity contribution in [2.24, 2.45) is 0 Å². The Balaban J connectivity index is 2.02. The van der Waals surface area contributed by atoms with Crippen molar-refractivity contribution >= 4 is 17.8 Å². The third-order valence-electron chi connectivity index (χ3n) is 4.33. The Morgan fingerprint density at radius 3 is 2.24 bits per heavy atom. The molecule has 0 aromatic heterocycles. The third kappa shape index (κ3) is 3.10. The Kier molecular flexibility index (Phi) is 4.52. The summed E-state index contributed by atoms with van der Waals surface area (Å²) in [6.07, 6.45) is 0.312. The molecule has 1 aliphatic heterocycles. The largest absolute Gasteiger partial charge is 0.358 e. The van der Waals surface area contributed by atoms with E-state index in [1.807, 2.05) is 60.7 Å². The standard InChI is InChI=1S/C19H19N3O3/c1-20-16(23)13-22-17(24)19(21-18(22)25,15-10-6-3-7-11-15)12-14-8-4-2-5-9-14/h2-11H,12-13H2,1H3,(H,20,23)(H,21,25)/t19-/m0/s1. The van der Waals surface area contributed by atoms with Gasteiger partial charge in [0.1, 0.15) is 6.54 Å². The molecule has 2 N–H and O–H groups in total. The van der Waals surface area contributed by atoms with Gasteiger partial charge in [0.05, 0.1) is 0 Å². The molecule has 1 fully saturated rings. The first-order valence-electron chi connectivity index (χ1n) is 8.01. The Bertz CT molecular complexity index is 792. The van der Waals surface area contributed by atoms with E-state index >= 15 is 0 Å². The second kappa shape index (κ2) is 6.76. The first-order valence-corrected chi connectivity index (χ1v) is 8.01. The van der Waals surface area contributed by atoms with Gasteiger partial charge in [-0.3, -0.25) is 14.5 Å². The van der Waals surface area contributed by atoms with E-state index in [4.69, 9.17) is 0 Å². The van der Waals surface area contributed by atoms with Gasteiger partial charge in [0.2, 0.25) is 5.91 Å². The lowest BCUT2D eigenvalue weighted by Gasteiger charge is -2.27. The molecule has 1 heterocycles. The number of hydrogen-bond donors (Lipinski definition) is 2. The second-order valence-electron chi connectivity index (χ2n) is 5.93. The van der Waals surface area contributed by atoms with Crippen LogP contribution in [0.25, 0.3) is 0 Å². The fourth-order valence-corrected chi connectivity index (χ4v) is 3.03. The maximum absolute atomic E-state index is 13.2. The topological polar surface area (TPSA) is 78.5 Å². The van der Waals surface area contributed by atoms with Gasteiger partial charge in [-0.1, -0.05) is 60.7 Å². The van der Waals surface area contributed by atoms with Crippen LogP contribution in [-0.2, 0) is 21.5 Å². The SMILES string of the molecule is CNC(=O)CN1C(=O)N[C@@](Cc2ccccc2)(c2ccccc2)C1=O. The monoisotopic (exact) mass is 337 g/mol. The molecule has 2 aromatic rings. The molecule has 0 aliphatic carbocycles. The maximum Gasteiger partial charge on any atom is 0.325 e. The van der Waals surface area contributed by atoms with Gasteiger partial charge in [-0.25, -0.2) is 4.79 Å². The Morgan fingerprint density at radius 1 is 1.04 bits per heavy atom. The van der Waals surface area contributed by atoms with Crippen LogP contribution in [0.1, 0.15) is 11.1 Å². The third-order valence-corrected chi connectivity index (χ3v) is 4.33. The number of imide groups is 1. The van der Waals surface area contributed by atoms with Gasteiger partial charge < -0.3 is 10.6 Å². The lowest BCUT2D eigenvalue weighted by Crippen LogP contribution is -2.46. The van der Waals surface area contributed by atoms with Crippen LogP contribution in [0.5, 0.6) is 0 Å². The smallest absolute Gasteiger partial charge is 0.325 e. The summed E-state index contributed by atoms with van der Waals surface area (Å²) in [5.41, 5.74) is 0.395. The highest BCUT2D eigenvalue weighted by Gasteiger charge is 2.52. The zero-order valence-corrected chi connectivity index (χ0v) is 13.9. The molecule has 1 saturated heterocycles. The molecule has 3 rings (SSSR count). The van der Waals surface area contributed by atoms with Crippen molar-refractivity contribution in [3.63, 3.8) is 0 Å². The minimum absolute atomic E-state index is 0.301. The first kappa shape index (κ1) is 16.7. The van der Waals surface area contributed by atoms with E-state index in [-0.39, 0.29) is 6.54 Å². The average Bonchev–Trinajstić information content (AvgIpc) is 2.88. The molecular weight excluding hydrogens is 318 g/mol. The lowest BCUT2D eigenvalue weighted by molar-refractivity contribution is -0.135. The highest BCUT2D eigenvalue weighted by atomic mass is 16.2. The van der Waals surface area contributed by atoms with Crippen LogP contribution in [-0.4, -0.2) is 36.3 Å². The van der Waals surface area contributed by atoms with Crippen molar-refractivity contribution in [1.82, 2.24) is 15.5 Å². The van der Waals surface area contributed by atoms with Crippen LogP contribution in [0, 0.1) is 0 Å². The number of benzene rings is 2. The van der Waals surface area contributed by atoms with Gasteiger partial charge in [-0.15, -0.1) is 0 Å². The Labute approximate surface area is 145 Å². The van der Waals surface area contributed by atoms with Gasteiger partial charge in [0, 0.05) is 13.5 Å². The Hall–Kier alpha value is -3.15. The number of hydrogen-bond acceptors (Lipinski definition) is 3. The van der Waals surface area contributed by atoms with Crippen molar-refractivity contribution in [3.05, 3.63) is 71.8 Å². The molecule has 128 valence electrons. The summed E-state index contributed by atoms with van der Waals surface area (Å²) >= 11 is 0. The van der Waals surface area contributed by atoms with Crippen LogP contribution in [0.15, 0.2) is 60.7 Å². The van der Waals surface area contributed by atoms with Crippen LogP contribution in [0.3, 0.4) is 0 Å². The van der Waals surface area contributed by atoms with Gasteiger partial charge in [-0.2, -0.15) is 0 Å². The Morgan fingerprint density at radius 2 is 1.64 bits per heavy atom. The average molecular weight is 337 g/mol. The first-order chi connectivity index (χ1) is 12.1. The summed E-state index contributed by atoms with van der Waals surface area (Å²) in [6, 6.07) is 18.0. The van der Waals surface area contributed by atoms with Crippen LogP contribution in [0.2, 0.25) is 0 Å². The van der Waals surface area contributed by atoms with Crippen molar-refractivity contribution in [3.8, 4) is 0 Å². The van der Waals surface area contributed by atoms with E-state index in [1.54, 1.807) is 0 Å². The van der Waals surface area contributed by atoms with Gasteiger partial charge in [0.25, 0.3) is 5.91 Å². The molecule has 0 saturated carbocycles. The number of nitrogens with one attached hydrogen (secondary N) is 2. The van der Waals surface area contributed by atoms with Gasteiger partial charge in [0.15, 0.2) is 5.54 Å². The number of carbonyl (C=O) groups is 3. The van der Waals surface area contributed by atoms with Crippen molar-refractivity contribution in [2.75, 3.05) is 13.6 Å². The molecular formula is C19H19N3O3. The van der Waals surface area contributed by atoms with Gasteiger partial charge in [-0.05, 0) is 11.1 Å². The van der Waals surface area contributed by atoms with Crippen molar-refractivity contribution in [2.45, 2.75) is 12.0 Å². The summed E-state index contributed by atoms with van der Waals surface area (Å²) in [6.45, 7) is -0.301. The molecule has 0 unspecified atom stereocenters. The summed E-state index contributed by atoms with van der Waals surface area (Å²) in [4.78, 5) is 38.2. The van der Waals surface area contributed by atoms with E-state index in [0.717, 1.165) is 10.5 Å². The van der Waals surface area contributed by atoms with Crippen LogP contribution in [0.4, 0.5) is 4.79 Å². The fourth-order valence-electron chi connectivity index (χ4n) is 3.03. The molecule has 25 heavy (non-hydrogen) atoms. The van der Waals surface area contributed by atoms with E-state index in [1.165, 1.54) is 7.05 Å². The molecule has 6 nitrogen and oxygen atoms in total. The number of urea groups is 1. The summed E-state index contributed by atoms with van der Waals surface area (Å²) in [5, 5.41) is 5.26. The molecule has 2 aromatic carbocycles. The normalized spacial score (nSPS) is 19.6. The minimum atomic E-state index is -1.21. The molecule has 0 radical (unpaired) electrons. The summed E-state index contributed by atoms with van der Waals surface area (Å²) in [5.74, 6) is -0.816. The van der Waals surface area contributed by atoms with Crippen LogP contribution < -0.4 is 10.6 Å². The highest BCUT2D eigenvalue weighted by molar-refractivity contribution is 6.09. The predicted octanol–water partition coefficient (Wildman–Crippen LogP) is 1.42. The molecule has 0 spiro atoms. The number of likely N-dealkylation sites (N-methyl/N-ethyl adjacent to an activating group) is 1. The van der Waals surface area contributed by atoms with Gasteiger partial charge >= 0.3 is 6.03 Å². The number of carbonyl (C=O) groups excluding carboxylic acids is 3. The zero-order chi connectivity index (χ0) is 17.9. The second-order valence-corrected chi connectivity index (χ2v) is 5.93. The van der Waals surface area contributed by atoms with Crippen molar-refractivity contribution in [1.29, 1.82) is 0 Å². The minimum Gasteiger partial charge on any atom is -0.358 e. The lowest BCUT2D eigenvalue weighted by atomic mass is 9.83. The number of nitrogens with zero attached hydrogens (tertiary/aromatic N) is 1. The molecule has 4 amide bonds. The van der Waals surface area contributed by atoms with Crippen LogP contribution >= 0.6 is 0 Å². The van der Waals surface area contributed by atoms with E-state index in [9.17, 15) is 14.4 Å². The zero-order valence-electron chi connectivity index (χ0n) is 13.9. The van der Waals surface area contributed by atoms with E-state index in [2.05, 4.69) is 10.6 Å². The molecule has 1 aliphatic rings. The molecule has 6 heteroatoms. The fraction of sp³-hybridized carbons (Fsp3) is 0.211. The van der Waals surface area contributed by atoms with Crippen molar-refractivity contribution < 1.29 is 14.4 Å². The number of rotatable bonds is 5. The molecule has 1 atom stereocenters. The molecule has 0 bridgehead atoms. The predicted molar refractivity (Wildman–Crippen MR) is 92.6 cm³/mol. The number of amides is 4.